The first-order valence-corrected chi connectivity index (χ1v) is 12.3. The van der Waals surface area contributed by atoms with Gasteiger partial charge < -0.3 is 15.5 Å². The van der Waals surface area contributed by atoms with Crippen molar-refractivity contribution in [3.05, 3.63) is 95.1 Å². The van der Waals surface area contributed by atoms with Crippen molar-refractivity contribution in [3.63, 3.8) is 0 Å². The van der Waals surface area contributed by atoms with Crippen molar-refractivity contribution in [1.29, 1.82) is 0 Å². The summed E-state index contributed by atoms with van der Waals surface area (Å²) in [5.41, 5.74) is 8.47. The molecule has 4 aromatic rings. The van der Waals surface area contributed by atoms with E-state index in [-0.39, 0.29) is 5.91 Å². The van der Waals surface area contributed by atoms with Gasteiger partial charge in [-0.25, -0.2) is 9.47 Å². The van der Waals surface area contributed by atoms with Crippen molar-refractivity contribution in [1.82, 2.24) is 14.9 Å². The highest BCUT2D eigenvalue weighted by Crippen LogP contribution is 2.39. The minimum absolute atomic E-state index is 0.154. The molecule has 2 N–H and O–H groups in total. The van der Waals surface area contributed by atoms with Crippen LogP contribution in [0.5, 0.6) is 0 Å². The van der Waals surface area contributed by atoms with Gasteiger partial charge in [0, 0.05) is 11.3 Å². The van der Waals surface area contributed by atoms with Crippen molar-refractivity contribution in [2.45, 2.75) is 30.3 Å². The third-order valence-electron chi connectivity index (χ3n) is 6.07. The van der Waals surface area contributed by atoms with E-state index in [1.165, 1.54) is 18.9 Å². The molecule has 0 aliphatic carbocycles. The molecule has 0 saturated carbocycles. The highest BCUT2D eigenvalue weighted by Gasteiger charge is 2.38. The molecule has 1 aliphatic rings. The van der Waals surface area contributed by atoms with Crippen molar-refractivity contribution >= 4 is 29.3 Å². The molecule has 182 valence electrons. The molecule has 1 amide bonds. The molecule has 0 spiro atoms. The SMILES string of the molecule is COC(=O)c1ccc([C@H]2Nn3c(nnc3-c3ccccc3)S[C@H]2C(=O)Nc2cc(C)ccc2C)cc1. The van der Waals surface area contributed by atoms with Gasteiger partial charge in [-0.15, -0.1) is 10.2 Å². The van der Waals surface area contributed by atoms with Crippen LogP contribution in [0.3, 0.4) is 0 Å². The number of hydrogen-bond donors (Lipinski definition) is 2. The molecule has 0 radical (unpaired) electrons. The molecule has 0 unspecified atom stereocenters. The second kappa shape index (κ2) is 9.87. The van der Waals surface area contributed by atoms with Crippen molar-refractivity contribution < 1.29 is 14.3 Å². The van der Waals surface area contributed by atoms with E-state index in [4.69, 9.17) is 4.74 Å². The first-order valence-electron chi connectivity index (χ1n) is 11.4. The number of esters is 1. The second-order valence-corrected chi connectivity index (χ2v) is 9.68. The van der Waals surface area contributed by atoms with E-state index >= 15 is 0 Å². The van der Waals surface area contributed by atoms with E-state index in [9.17, 15) is 9.59 Å². The van der Waals surface area contributed by atoms with Crippen LogP contribution in [0.1, 0.15) is 33.1 Å². The molecule has 5 rings (SSSR count). The number of aryl methyl sites for hydroxylation is 2. The highest BCUT2D eigenvalue weighted by atomic mass is 32.2. The molecule has 36 heavy (non-hydrogen) atoms. The summed E-state index contributed by atoms with van der Waals surface area (Å²) >= 11 is 1.35. The molecule has 9 heteroatoms. The molecule has 0 saturated heterocycles. The van der Waals surface area contributed by atoms with Gasteiger partial charge in [0.05, 0.1) is 18.7 Å². The van der Waals surface area contributed by atoms with Gasteiger partial charge in [-0.2, -0.15) is 0 Å². The maximum absolute atomic E-state index is 13.6. The van der Waals surface area contributed by atoms with Gasteiger partial charge in [-0.1, -0.05) is 66.4 Å². The van der Waals surface area contributed by atoms with Gasteiger partial charge in [-0.3, -0.25) is 4.79 Å². The van der Waals surface area contributed by atoms with E-state index in [0.29, 0.717) is 16.5 Å². The fourth-order valence-electron chi connectivity index (χ4n) is 4.10. The Bertz CT molecular complexity index is 1420. The summed E-state index contributed by atoms with van der Waals surface area (Å²) in [5.74, 6) is 0.0885. The van der Waals surface area contributed by atoms with E-state index < -0.39 is 17.3 Å². The lowest BCUT2D eigenvalue weighted by Gasteiger charge is -2.33. The number of aromatic nitrogens is 3. The lowest BCUT2D eigenvalue weighted by Crippen LogP contribution is -2.41. The molecule has 1 aliphatic heterocycles. The van der Waals surface area contributed by atoms with E-state index in [1.807, 2.05) is 79.2 Å². The van der Waals surface area contributed by atoms with Crippen LogP contribution in [0.4, 0.5) is 5.69 Å². The highest BCUT2D eigenvalue weighted by molar-refractivity contribution is 8.00. The number of nitrogens with one attached hydrogen (secondary N) is 2. The van der Waals surface area contributed by atoms with Crippen LogP contribution in [0.15, 0.2) is 78.0 Å². The Hall–Kier alpha value is -4.11. The maximum Gasteiger partial charge on any atom is 0.337 e. The van der Waals surface area contributed by atoms with Crippen LogP contribution >= 0.6 is 11.8 Å². The van der Waals surface area contributed by atoms with Crippen LogP contribution < -0.4 is 10.7 Å². The van der Waals surface area contributed by atoms with Gasteiger partial charge in [0.15, 0.2) is 5.82 Å². The first-order chi connectivity index (χ1) is 17.4. The number of rotatable bonds is 5. The van der Waals surface area contributed by atoms with Gasteiger partial charge in [0.2, 0.25) is 11.1 Å². The zero-order valence-electron chi connectivity index (χ0n) is 20.1. The van der Waals surface area contributed by atoms with E-state index in [1.54, 1.807) is 12.1 Å². The predicted molar refractivity (Wildman–Crippen MR) is 140 cm³/mol. The minimum Gasteiger partial charge on any atom is -0.465 e. The van der Waals surface area contributed by atoms with Crippen LogP contribution in [0, 0.1) is 13.8 Å². The quantitative estimate of drug-likeness (QED) is 0.383. The molecule has 2 heterocycles. The number of hydrogen-bond acceptors (Lipinski definition) is 7. The number of benzene rings is 3. The molecular weight excluding hydrogens is 474 g/mol. The molecule has 1 aromatic heterocycles. The number of carbonyl (C=O) groups excluding carboxylic acids is 2. The normalized spacial score (nSPS) is 16.5. The number of thioether (sulfide) groups is 1. The van der Waals surface area contributed by atoms with Crippen LogP contribution in [0.25, 0.3) is 11.4 Å². The summed E-state index contributed by atoms with van der Waals surface area (Å²) in [5, 5.41) is 11.9. The monoisotopic (exact) mass is 499 g/mol. The Morgan fingerprint density at radius 2 is 1.75 bits per heavy atom. The van der Waals surface area contributed by atoms with E-state index in [0.717, 1.165) is 27.9 Å². The third kappa shape index (κ3) is 4.57. The van der Waals surface area contributed by atoms with Crippen LogP contribution in [-0.4, -0.2) is 39.1 Å². The largest absolute Gasteiger partial charge is 0.465 e. The summed E-state index contributed by atoms with van der Waals surface area (Å²) in [6.45, 7) is 3.96. The smallest absolute Gasteiger partial charge is 0.337 e. The van der Waals surface area contributed by atoms with Gasteiger partial charge >= 0.3 is 5.97 Å². The molecule has 2 atom stereocenters. The fraction of sp³-hybridized carbons (Fsp3) is 0.185. The molecule has 8 nitrogen and oxygen atoms in total. The Balaban J connectivity index is 1.52. The Morgan fingerprint density at radius 3 is 2.47 bits per heavy atom. The lowest BCUT2D eigenvalue weighted by atomic mass is 10.0. The Kier molecular flexibility index (Phi) is 6.47. The molecule has 0 fully saturated rings. The molecule has 3 aromatic carbocycles. The first kappa shape index (κ1) is 23.6. The molecule has 0 bridgehead atoms. The zero-order chi connectivity index (χ0) is 25.2. The zero-order valence-corrected chi connectivity index (χ0v) is 20.9. The number of amides is 1. The van der Waals surface area contributed by atoms with Crippen LogP contribution in [-0.2, 0) is 9.53 Å². The van der Waals surface area contributed by atoms with E-state index in [2.05, 4.69) is 20.9 Å². The standard InChI is InChI=1S/C27H25N5O3S/c1-16-9-10-17(2)21(15-16)28-25(33)23-22(18-11-13-20(14-12-18)26(34)35-3)31-32-24(29-30-27(32)36-23)19-7-5-4-6-8-19/h4-15,22-23,31H,1-3H3,(H,28,33)/t22-,23-/m1/s1. The summed E-state index contributed by atoms with van der Waals surface area (Å²) < 4.78 is 6.65. The number of carbonyl (C=O) groups is 2. The van der Waals surface area contributed by atoms with Gasteiger partial charge in [0.1, 0.15) is 5.25 Å². The Labute approximate surface area is 213 Å². The number of fused-ring (bicyclic) bond motifs is 1. The number of anilines is 1. The fourth-order valence-corrected chi connectivity index (χ4v) is 5.18. The van der Waals surface area contributed by atoms with Crippen molar-refractivity contribution in [3.8, 4) is 11.4 Å². The van der Waals surface area contributed by atoms with Gasteiger partial charge in [-0.05, 0) is 48.7 Å². The topological polar surface area (TPSA) is 98.1 Å². The summed E-state index contributed by atoms with van der Waals surface area (Å²) in [6, 6.07) is 22.4. The van der Waals surface area contributed by atoms with Crippen LogP contribution in [0.2, 0.25) is 0 Å². The minimum atomic E-state index is -0.547. The summed E-state index contributed by atoms with van der Waals surface area (Å²) in [6.07, 6.45) is 0. The molecular formula is C27H25N5O3S. The predicted octanol–water partition coefficient (Wildman–Crippen LogP) is 4.75. The van der Waals surface area contributed by atoms with Crippen molar-refractivity contribution in [2.75, 3.05) is 17.9 Å². The summed E-state index contributed by atoms with van der Waals surface area (Å²) in [7, 11) is 1.35. The average molecular weight is 500 g/mol. The second-order valence-electron chi connectivity index (χ2n) is 8.57. The maximum atomic E-state index is 13.6. The summed E-state index contributed by atoms with van der Waals surface area (Å²) in [4.78, 5) is 25.6. The average Bonchev–Trinajstić information content (AvgIpc) is 3.33. The van der Waals surface area contributed by atoms with Crippen molar-refractivity contribution in [2.24, 2.45) is 0 Å². The Morgan fingerprint density at radius 1 is 1.00 bits per heavy atom. The third-order valence-corrected chi connectivity index (χ3v) is 7.28. The number of nitrogens with zero attached hydrogens (tertiary/aromatic N) is 3. The van der Waals surface area contributed by atoms with Gasteiger partial charge in [0.25, 0.3) is 0 Å². The lowest BCUT2D eigenvalue weighted by molar-refractivity contribution is -0.116. The number of ether oxygens (including phenoxy) is 1. The number of methoxy groups -OCH3 is 1.